The summed E-state index contributed by atoms with van der Waals surface area (Å²) in [6.45, 7) is 4.20. The van der Waals surface area contributed by atoms with E-state index in [1.807, 2.05) is 6.92 Å². The highest BCUT2D eigenvalue weighted by molar-refractivity contribution is 4.74. The first-order valence-electron chi connectivity index (χ1n) is 6.10. The average molecular weight is 254 g/mol. The number of hydrogen-bond donors (Lipinski definition) is 2. The molecule has 1 rings (SSSR count). The molecule has 1 aliphatic rings. The number of hydrogen-bond acceptors (Lipinski definition) is 3. The van der Waals surface area contributed by atoms with Crippen molar-refractivity contribution < 1.29 is 18.3 Å². The molecule has 0 radical (unpaired) electrons. The van der Waals surface area contributed by atoms with Gasteiger partial charge in [0.1, 0.15) is 0 Å². The van der Waals surface area contributed by atoms with Gasteiger partial charge in [0.25, 0.3) is 0 Å². The highest BCUT2D eigenvalue weighted by Gasteiger charge is 2.37. The molecule has 2 atom stereocenters. The second kappa shape index (κ2) is 6.56. The summed E-state index contributed by atoms with van der Waals surface area (Å²) in [5, 5.41) is 11.6. The van der Waals surface area contributed by atoms with Gasteiger partial charge in [0.15, 0.2) is 6.10 Å². The molecule has 0 bridgehead atoms. The minimum absolute atomic E-state index is 0.0369. The molecule has 3 nitrogen and oxygen atoms in total. The lowest BCUT2D eigenvalue weighted by Crippen LogP contribution is -2.46. The molecule has 1 aliphatic heterocycles. The van der Waals surface area contributed by atoms with Crippen LogP contribution in [0.25, 0.3) is 0 Å². The zero-order chi connectivity index (χ0) is 12.9. The third-order valence-electron chi connectivity index (χ3n) is 3.02. The van der Waals surface area contributed by atoms with Crippen LogP contribution in [-0.2, 0) is 0 Å². The molecule has 0 saturated carbocycles. The Bertz CT molecular complexity index is 217. The van der Waals surface area contributed by atoms with Crippen molar-refractivity contribution >= 4 is 0 Å². The van der Waals surface area contributed by atoms with E-state index in [9.17, 15) is 13.2 Å². The third kappa shape index (κ3) is 5.70. The number of likely N-dealkylation sites (tertiary alicyclic amines) is 1. The van der Waals surface area contributed by atoms with Crippen LogP contribution in [0.5, 0.6) is 0 Å². The summed E-state index contributed by atoms with van der Waals surface area (Å²) in [6.07, 6.45) is -3.23. The van der Waals surface area contributed by atoms with Crippen molar-refractivity contribution in [3.63, 3.8) is 0 Å². The lowest BCUT2D eigenvalue weighted by Gasteiger charge is -2.29. The summed E-state index contributed by atoms with van der Waals surface area (Å²) in [5.74, 6) is 0. The second-order valence-electron chi connectivity index (χ2n) is 4.73. The number of nitrogens with zero attached hydrogens (tertiary/aromatic N) is 1. The molecule has 0 aromatic carbocycles. The maximum absolute atomic E-state index is 12.1. The number of aliphatic hydroxyl groups is 1. The van der Waals surface area contributed by atoms with E-state index in [0.29, 0.717) is 0 Å². The molecule has 1 saturated heterocycles. The van der Waals surface area contributed by atoms with E-state index < -0.39 is 18.8 Å². The smallest absolute Gasteiger partial charge is 0.382 e. The Morgan fingerprint density at radius 2 is 1.82 bits per heavy atom. The largest absolute Gasteiger partial charge is 0.415 e. The fourth-order valence-corrected chi connectivity index (χ4v) is 2.02. The Hall–Kier alpha value is -0.330. The first kappa shape index (κ1) is 14.7. The Kier molecular flexibility index (Phi) is 5.69. The number of nitrogens with one attached hydrogen (secondary N) is 1. The molecular formula is C11H21F3N2O. The molecule has 0 aliphatic carbocycles. The highest BCUT2D eigenvalue weighted by atomic mass is 19.4. The molecular weight excluding hydrogens is 233 g/mol. The number of aliphatic hydroxyl groups excluding tert-OH is 1. The minimum atomic E-state index is -4.53. The van der Waals surface area contributed by atoms with Crippen LogP contribution in [0, 0.1) is 0 Å². The molecule has 6 heteroatoms. The quantitative estimate of drug-likeness (QED) is 0.778. The summed E-state index contributed by atoms with van der Waals surface area (Å²) >= 11 is 0. The van der Waals surface area contributed by atoms with Crippen LogP contribution in [0.4, 0.5) is 13.2 Å². The Labute approximate surface area is 100.0 Å². The van der Waals surface area contributed by atoms with E-state index in [1.54, 1.807) is 0 Å². The van der Waals surface area contributed by atoms with Gasteiger partial charge in [0.05, 0.1) is 0 Å². The van der Waals surface area contributed by atoms with Gasteiger partial charge in [-0.3, -0.25) is 0 Å². The lowest BCUT2D eigenvalue weighted by atomic mass is 10.1. The van der Waals surface area contributed by atoms with Gasteiger partial charge in [0.2, 0.25) is 0 Å². The molecule has 1 fully saturated rings. The molecule has 102 valence electrons. The van der Waals surface area contributed by atoms with E-state index in [4.69, 9.17) is 5.11 Å². The van der Waals surface area contributed by atoms with Gasteiger partial charge in [-0.15, -0.1) is 0 Å². The zero-order valence-electron chi connectivity index (χ0n) is 10.1. The fourth-order valence-electron chi connectivity index (χ4n) is 2.02. The van der Waals surface area contributed by atoms with Crippen LogP contribution >= 0.6 is 0 Å². The van der Waals surface area contributed by atoms with Crippen molar-refractivity contribution in [1.29, 1.82) is 0 Å². The maximum atomic E-state index is 12.1. The van der Waals surface area contributed by atoms with Crippen molar-refractivity contribution in [3.05, 3.63) is 0 Å². The van der Waals surface area contributed by atoms with Crippen LogP contribution in [0.3, 0.4) is 0 Å². The highest BCUT2D eigenvalue weighted by Crippen LogP contribution is 2.19. The zero-order valence-corrected chi connectivity index (χ0v) is 10.1. The van der Waals surface area contributed by atoms with Crippen LogP contribution < -0.4 is 5.32 Å². The summed E-state index contributed by atoms with van der Waals surface area (Å²) in [6, 6.07) is -0.0369. The molecule has 0 spiro atoms. The van der Waals surface area contributed by atoms with E-state index in [2.05, 4.69) is 10.2 Å². The number of piperidine rings is 1. The standard InChI is InChI=1S/C11H21F3N2O/c1-9(8-16-5-3-2-4-6-16)15-7-10(17)11(12,13)14/h9-10,15,17H,2-8H2,1H3. The molecule has 0 amide bonds. The van der Waals surface area contributed by atoms with Gasteiger partial charge in [-0.25, -0.2) is 0 Å². The van der Waals surface area contributed by atoms with Crippen molar-refractivity contribution in [1.82, 2.24) is 10.2 Å². The first-order valence-corrected chi connectivity index (χ1v) is 6.10. The van der Waals surface area contributed by atoms with Gasteiger partial charge >= 0.3 is 6.18 Å². The Morgan fingerprint density at radius 3 is 2.35 bits per heavy atom. The third-order valence-corrected chi connectivity index (χ3v) is 3.02. The van der Waals surface area contributed by atoms with Gasteiger partial charge in [-0.05, 0) is 32.9 Å². The maximum Gasteiger partial charge on any atom is 0.415 e. The van der Waals surface area contributed by atoms with Crippen molar-refractivity contribution in [3.8, 4) is 0 Å². The molecule has 2 N–H and O–H groups in total. The van der Waals surface area contributed by atoms with Gasteiger partial charge in [-0.2, -0.15) is 13.2 Å². The van der Waals surface area contributed by atoms with Crippen molar-refractivity contribution in [2.24, 2.45) is 0 Å². The topological polar surface area (TPSA) is 35.5 Å². The van der Waals surface area contributed by atoms with Crippen LogP contribution in [-0.4, -0.2) is 54.5 Å². The molecule has 1 heterocycles. The van der Waals surface area contributed by atoms with Crippen LogP contribution in [0.2, 0.25) is 0 Å². The SMILES string of the molecule is CC(CN1CCCCC1)NCC(O)C(F)(F)F. The molecule has 0 aromatic rings. The van der Waals surface area contributed by atoms with Gasteiger partial charge in [0, 0.05) is 19.1 Å². The summed E-state index contributed by atoms with van der Waals surface area (Å²) < 4.78 is 36.2. The monoisotopic (exact) mass is 254 g/mol. The number of halogens is 3. The van der Waals surface area contributed by atoms with Crippen LogP contribution in [0.1, 0.15) is 26.2 Å². The number of alkyl halides is 3. The minimum Gasteiger partial charge on any atom is -0.382 e. The van der Waals surface area contributed by atoms with Crippen LogP contribution in [0.15, 0.2) is 0 Å². The van der Waals surface area contributed by atoms with E-state index in [-0.39, 0.29) is 6.04 Å². The summed E-state index contributed by atoms with van der Waals surface area (Å²) in [5.41, 5.74) is 0. The summed E-state index contributed by atoms with van der Waals surface area (Å²) in [7, 11) is 0. The van der Waals surface area contributed by atoms with Gasteiger partial charge < -0.3 is 15.3 Å². The Balaban J connectivity index is 2.18. The molecule has 2 unspecified atom stereocenters. The lowest BCUT2D eigenvalue weighted by molar-refractivity contribution is -0.202. The van der Waals surface area contributed by atoms with E-state index in [0.717, 1.165) is 32.5 Å². The average Bonchev–Trinajstić information content (AvgIpc) is 2.26. The summed E-state index contributed by atoms with van der Waals surface area (Å²) in [4.78, 5) is 2.25. The normalized spacial score (nSPS) is 22.4. The predicted octanol–water partition coefficient (Wildman–Crippen LogP) is 1.37. The van der Waals surface area contributed by atoms with Crippen molar-refractivity contribution in [2.75, 3.05) is 26.2 Å². The van der Waals surface area contributed by atoms with Crippen molar-refractivity contribution in [2.45, 2.75) is 44.5 Å². The number of rotatable bonds is 5. The Morgan fingerprint density at radius 1 is 1.24 bits per heavy atom. The first-order chi connectivity index (χ1) is 7.89. The molecule has 0 aromatic heterocycles. The molecule has 17 heavy (non-hydrogen) atoms. The van der Waals surface area contributed by atoms with E-state index in [1.165, 1.54) is 6.42 Å². The van der Waals surface area contributed by atoms with Gasteiger partial charge in [-0.1, -0.05) is 6.42 Å². The predicted molar refractivity (Wildman–Crippen MR) is 59.8 cm³/mol. The fraction of sp³-hybridized carbons (Fsp3) is 1.00. The second-order valence-corrected chi connectivity index (χ2v) is 4.73. The van der Waals surface area contributed by atoms with E-state index >= 15 is 0 Å².